The molecule has 0 aliphatic carbocycles. The van der Waals surface area contributed by atoms with Crippen molar-refractivity contribution >= 4 is 0 Å². The van der Waals surface area contributed by atoms with Crippen LogP contribution in [0.25, 0.3) is 0 Å². The van der Waals surface area contributed by atoms with E-state index in [-0.39, 0.29) is 12.3 Å². The van der Waals surface area contributed by atoms with Crippen LogP contribution in [0.1, 0.15) is 32.8 Å². The van der Waals surface area contributed by atoms with Gasteiger partial charge in [0.15, 0.2) is 0 Å². The van der Waals surface area contributed by atoms with Gasteiger partial charge in [0.05, 0.1) is 5.60 Å². The molecule has 0 heterocycles. The molecule has 0 spiro atoms. The lowest BCUT2D eigenvalue weighted by atomic mass is 9.82. The Morgan fingerprint density at radius 2 is 1.94 bits per heavy atom. The van der Waals surface area contributed by atoms with Gasteiger partial charge in [-0.25, -0.2) is 8.78 Å². The summed E-state index contributed by atoms with van der Waals surface area (Å²) in [6.07, 6.45) is 0.759. The molecule has 0 radical (unpaired) electrons. The third-order valence-corrected chi connectivity index (χ3v) is 3.20. The van der Waals surface area contributed by atoms with Crippen LogP contribution in [0.2, 0.25) is 0 Å². The predicted molar refractivity (Wildman–Crippen MR) is 60.1 cm³/mol. The maximum atomic E-state index is 13.4. The maximum Gasteiger partial charge on any atom is 0.129 e. The molecule has 1 unspecified atom stereocenters. The van der Waals surface area contributed by atoms with E-state index >= 15 is 0 Å². The Bertz CT molecular complexity index is 363. The molecule has 0 bridgehead atoms. The third-order valence-electron chi connectivity index (χ3n) is 3.20. The first kappa shape index (κ1) is 13.1. The first-order chi connectivity index (χ1) is 7.39. The molecule has 1 N–H and O–H groups in total. The zero-order valence-electron chi connectivity index (χ0n) is 9.93. The molecule has 3 heteroatoms. The predicted octanol–water partition coefficient (Wildman–Crippen LogP) is 3.30. The normalized spacial score (nSPS) is 15.2. The largest absolute Gasteiger partial charge is 0.389 e. The van der Waals surface area contributed by atoms with Gasteiger partial charge in [-0.3, -0.25) is 0 Å². The second-order valence-electron chi connectivity index (χ2n) is 4.52. The van der Waals surface area contributed by atoms with E-state index < -0.39 is 17.2 Å². The topological polar surface area (TPSA) is 20.2 Å². The highest BCUT2D eigenvalue weighted by Crippen LogP contribution is 2.27. The molecule has 0 aliphatic rings. The van der Waals surface area contributed by atoms with E-state index in [4.69, 9.17) is 0 Å². The molecule has 1 atom stereocenters. The maximum absolute atomic E-state index is 13.4. The molecule has 0 aromatic heterocycles. The van der Waals surface area contributed by atoms with Crippen LogP contribution in [0.5, 0.6) is 0 Å². The number of hydrogen-bond donors (Lipinski definition) is 1. The summed E-state index contributed by atoms with van der Waals surface area (Å²) in [5.41, 5.74) is -0.571. The first-order valence-electron chi connectivity index (χ1n) is 5.55. The number of benzene rings is 1. The Hall–Kier alpha value is -0.960. The van der Waals surface area contributed by atoms with E-state index in [0.29, 0.717) is 12.0 Å². The fourth-order valence-electron chi connectivity index (χ4n) is 1.73. The second-order valence-corrected chi connectivity index (χ2v) is 4.52. The Morgan fingerprint density at radius 1 is 1.31 bits per heavy atom. The van der Waals surface area contributed by atoms with Crippen molar-refractivity contribution in [3.8, 4) is 0 Å². The third kappa shape index (κ3) is 2.79. The number of rotatable bonds is 4. The van der Waals surface area contributed by atoms with Crippen LogP contribution in [-0.4, -0.2) is 10.7 Å². The SMILES string of the molecule is CCC(O)(Cc1ccc(F)cc1F)C(C)C. The van der Waals surface area contributed by atoms with Gasteiger partial charge in [-0.1, -0.05) is 26.8 Å². The zero-order chi connectivity index (χ0) is 12.3. The van der Waals surface area contributed by atoms with Gasteiger partial charge in [0.25, 0.3) is 0 Å². The number of halogens is 2. The molecule has 1 nitrogen and oxygen atoms in total. The molecule has 0 aliphatic heterocycles. The molecule has 0 saturated heterocycles. The van der Waals surface area contributed by atoms with Crippen LogP contribution in [0.3, 0.4) is 0 Å². The van der Waals surface area contributed by atoms with Crippen molar-refractivity contribution in [1.29, 1.82) is 0 Å². The molecule has 0 amide bonds. The lowest BCUT2D eigenvalue weighted by Crippen LogP contribution is -2.37. The zero-order valence-corrected chi connectivity index (χ0v) is 9.93. The van der Waals surface area contributed by atoms with Crippen molar-refractivity contribution in [2.75, 3.05) is 0 Å². The van der Waals surface area contributed by atoms with Gasteiger partial charge in [-0.05, 0) is 24.0 Å². The van der Waals surface area contributed by atoms with Gasteiger partial charge in [0.1, 0.15) is 11.6 Å². The highest BCUT2D eigenvalue weighted by atomic mass is 19.1. The number of aliphatic hydroxyl groups is 1. The Balaban J connectivity index is 2.95. The lowest BCUT2D eigenvalue weighted by molar-refractivity contribution is -0.00898. The Kier molecular flexibility index (Phi) is 4.03. The van der Waals surface area contributed by atoms with Gasteiger partial charge in [-0.15, -0.1) is 0 Å². The van der Waals surface area contributed by atoms with E-state index in [9.17, 15) is 13.9 Å². The van der Waals surface area contributed by atoms with Crippen molar-refractivity contribution in [2.45, 2.75) is 39.2 Å². The molecule has 0 fully saturated rings. The quantitative estimate of drug-likeness (QED) is 0.838. The Morgan fingerprint density at radius 3 is 2.38 bits per heavy atom. The molecular weight excluding hydrogens is 210 g/mol. The number of hydrogen-bond acceptors (Lipinski definition) is 1. The van der Waals surface area contributed by atoms with E-state index in [1.165, 1.54) is 12.1 Å². The minimum atomic E-state index is -0.932. The molecule has 1 rings (SSSR count). The monoisotopic (exact) mass is 228 g/mol. The summed E-state index contributed by atoms with van der Waals surface area (Å²) in [6.45, 7) is 5.65. The molecule has 1 aromatic carbocycles. The van der Waals surface area contributed by atoms with Crippen molar-refractivity contribution in [3.05, 3.63) is 35.4 Å². The van der Waals surface area contributed by atoms with Crippen molar-refractivity contribution < 1.29 is 13.9 Å². The van der Waals surface area contributed by atoms with Crippen LogP contribution in [0.4, 0.5) is 8.78 Å². The highest BCUT2D eigenvalue weighted by molar-refractivity contribution is 5.20. The second kappa shape index (κ2) is 4.91. The molecule has 1 aromatic rings. The van der Waals surface area contributed by atoms with Crippen LogP contribution in [0.15, 0.2) is 18.2 Å². The standard InChI is InChI=1S/C13H18F2O/c1-4-13(16,9(2)3)8-10-5-6-11(14)7-12(10)15/h5-7,9,16H,4,8H2,1-3H3. The van der Waals surface area contributed by atoms with E-state index in [1.54, 1.807) is 0 Å². The van der Waals surface area contributed by atoms with Gasteiger partial charge in [-0.2, -0.15) is 0 Å². The van der Waals surface area contributed by atoms with Gasteiger partial charge in [0.2, 0.25) is 0 Å². The van der Waals surface area contributed by atoms with E-state index in [1.807, 2.05) is 20.8 Å². The van der Waals surface area contributed by atoms with Crippen LogP contribution < -0.4 is 0 Å². The summed E-state index contributed by atoms with van der Waals surface area (Å²) in [6, 6.07) is 3.47. The van der Waals surface area contributed by atoms with E-state index in [0.717, 1.165) is 6.07 Å². The summed E-state index contributed by atoms with van der Waals surface area (Å²) in [5.74, 6) is -1.15. The summed E-state index contributed by atoms with van der Waals surface area (Å²) >= 11 is 0. The lowest BCUT2D eigenvalue weighted by Gasteiger charge is -2.31. The van der Waals surface area contributed by atoms with Crippen LogP contribution in [0, 0.1) is 17.6 Å². The average Bonchev–Trinajstić information content (AvgIpc) is 2.22. The molecule has 16 heavy (non-hydrogen) atoms. The van der Waals surface area contributed by atoms with Crippen molar-refractivity contribution in [2.24, 2.45) is 5.92 Å². The summed E-state index contributed by atoms with van der Waals surface area (Å²) in [7, 11) is 0. The van der Waals surface area contributed by atoms with Gasteiger partial charge >= 0.3 is 0 Å². The van der Waals surface area contributed by atoms with E-state index in [2.05, 4.69) is 0 Å². The van der Waals surface area contributed by atoms with Crippen molar-refractivity contribution in [1.82, 2.24) is 0 Å². The fourth-order valence-corrected chi connectivity index (χ4v) is 1.73. The average molecular weight is 228 g/mol. The summed E-state index contributed by atoms with van der Waals surface area (Å²) in [4.78, 5) is 0. The Labute approximate surface area is 95.1 Å². The molecule has 0 saturated carbocycles. The summed E-state index contributed by atoms with van der Waals surface area (Å²) < 4.78 is 26.1. The first-order valence-corrected chi connectivity index (χ1v) is 5.55. The van der Waals surface area contributed by atoms with Crippen molar-refractivity contribution in [3.63, 3.8) is 0 Å². The van der Waals surface area contributed by atoms with Crippen LogP contribution >= 0.6 is 0 Å². The highest BCUT2D eigenvalue weighted by Gasteiger charge is 2.30. The minimum absolute atomic E-state index is 0.0296. The summed E-state index contributed by atoms with van der Waals surface area (Å²) in [5, 5.41) is 10.3. The minimum Gasteiger partial charge on any atom is -0.389 e. The molecule has 90 valence electrons. The fraction of sp³-hybridized carbons (Fsp3) is 0.538. The molecular formula is C13H18F2O. The van der Waals surface area contributed by atoms with Gasteiger partial charge < -0.3 is 5.11 Å². The van der Waals surface area contributed by atoms with Crippen LogP contribution in [-0.2, 0) is 6.42 Å². The van der Waals surface area contributed by atoms with Gasteiger partial charge in [0, 0.05) is 12.5 Å². The smallest absolute Gasteiger partial charge is 0.129 e.